The number of para-hydroxylation sites is 1. The number of benzene rings is 2. The summed E-state index contributed by atoms with van der Waals surface area (Å²) in [6.07, 6.45) is 0. The second-order valence-electron chi connectivity index (χ2n) is 4.56. The Labute approximate surface area is 131 Å². The standard InChI is InChI=1S/C16H15BrN2O2/c1-10-7-8-13(17)12(9-10)16(21)19-14-6-4-3-5-11(14)15(20)18-2/h3-9H,1-2H3,(H,18,20)(H,19,21). The fourth-order valence-electron chi connectivity index (χ4n) is 1.93. The van der Waals surface area contributed by atoms with Gasteiger partial charge in [0, 0.05) is 11.5 Å². The van der Waals surface area contributed by atoms with Crippen LogP contribution in [-0.4, -0.2) is 18.9 Å². The van der Waals surface area contributed by atoms with Crippen LogP contribution in [0.3, 0.4) is 0 Å². The van der Waals surface area contributed by atoms with Gasteiger partial charge in [0.1, 0.15) is 0 Å². The van der Waals surface area contributed by atoms with E-state index < -0.39 is 0 Å². The lowest BCUT2D eigenvalue weighted by atomic mass is 10.1. The third kappa shape index (κ3) is 3.49. The van der Waals surface area contributed by atoms with Crippen LogP contribution in [0.1, 0.15) is 26.3 Å². The molecule has 108 valence electrons. The topological polar surface area (TPSA) is 58.2 Å². The average molecular weight is 347 g/mol. The average Bonchev–Trinajstić information content (AvgIpc) is 2.49. The van der Waals surface area contributed by atoms with Gasteiger partial charge in [-0.05, 0) is 47.1 Å². The number of anilines is 1. The summed E-state index contributed by atoms with van der Waals surface area (Å²) in [5.41, 5.74) is 2.43. The molecular weight excluding hydrogens is 332 g/mol. The van der Waals surface area contributed by atoms with Crippen LogP contribution in [0.15, 0.2) is 46.9 Å². The van der Waals surface area contributed by atoms with Gasteiger partial charge in [-0.1, -0.05) is 23.8 Å². The minimum absolute atomic E-state index is 0.241. The van der Waals surface area contributed by atoms with Crippen LogP contribution in [0.25, 0.3) is 0 Å². The van der Waals surface area contributed by atoms with E-state index in [0.29, 0.717) is 21.3 Å². The van der Waals surface area contributed by atoms with Crippen molar-refractivity contribution in [3.8, 4) is 0 Å². The minimum atomic E-state index is -0.262. The first-order valence-corrected chi connectivity index (χ1v) is 7.21. The molecule has 0 aliphatic rings. The molecule has 0 aliphatic carbocycles. The van der Waals surface area contributed by atoms with Crippen LogP contribution in [0, 0.1) is 6.92 Å². The zero-order chi connectivity index (χ0) is 15.4. The minimum Gasteiger partial charge on any atom is -0.355 e. The number of halogens is 1. The second kappa shape index (κ2) is 6.54. The molecule has 5 heteroatoms. The highest BCUT2D eigenvalue weighted by atomic mass is 79.9. The van der Waals surface area contributed by atoms with E-state index in [2.05, 4.69) is 26.6 Å². The predicted molar refractivity (Wildman–Crippen MR) is 86.7 cm³/mol. The Bertz CT molecular complexity index is 698. The molecule has 0 saturated heterocycles. The Kier molecular flexibility index (Phi) is 4.75. The first-order chi connectivity index (χ1) is 10.0. The van der Waals surface area contributed by atoms with Crippen molar-refractivity contribution in [2.75, 3.05) is 12.4 Å². The molecule has 0 bridgehead atoms. The van der Waals surface area contributed by atoms with Crippen molar-refractivity contribution in [1.29, 1.82) is 0 Å². The van der Waals surface area contributed by atoms with Crippen molar-refractivity contribution in [2.45, 2.75) is 6.92 Å². The predicted octanol–water partition coefficient (Wildman–Crippen LogP) is 3.37. The summed E-state index contributed by atoms with van der Waals surface area (Å²) in [6, 6.07) is 12.4. The van der Waals surface area contributed by atoms with Crippen molar-refractivity contribution < 1.29 is 9.59 Å². The van der Waals surface area contributed by atoms with Gasteiger partial charge in [0.2, 0.25) is 0 Å². The molecule has 0 radical (unpaired) electrons. The summed E-state index contributed by atoms with van der Waals surface area (Å²) in [7, 11) is 1.55. The third-order valence-electron chi connectivity index (χ3n) is 3.01. The van der Waals surface area contributed by atoms with E-state index in [-0.39, 0.29) is 11.8 Å². The molecule has 21 heavy (non-hydrogen) atoms. The smallest absolute Gasteiger partial charge is 0.256 e. The lowest BCUT2D eigenvalue weighted by Gasteiger charge is -2.11. The molecule has 0 saturated carbocycles. The Morgan fingerprint density at radius 2 is 1.71 bits per heavy atom. The highest BCUT2D eigenvalue weighted by Gasteiger charge is 2.14. The van der Waals surface area contributed by atoms with Crippen LogP contribution in [-0.2, 0) is 0 Å². The van der Waals surface area contributed by atoms with Crippen LogP contribution in [0.5, 0.6) is 0 Å². The van der Waals surface area contributed by atoms with Gasteiger partial charge < -0.3 is 10.6 Å². The van der Waals surface area contributed by atoms with Gasteiger partial charge in [-0.15, -0.1) is 0 Å². The molecule has 2 amide bonds. The first-order valence-electron chi connectivity index (χ1n) is 6.41. The van der Waals surface area contributed by atoms with E-state index in [9.17, 15) is 9.59 Å². The summed E-state index contributed by atoms with van der Waals surface area (Å²) in [6.45, 7) is 1.92. The number of carbonyl (C=O) groups excluding carboxylic acids is 2. The normalized spacial score (nSPS) is 10.0. The van der Waals surface area contributed by atoms with Gasteiger partial charge in [-0.3, -0.25) is 9.59 Å². The molecule has 4 nitrogen and oxygen atoms in total. The largest absolute Gasteiger partial charge is 0.355 e. The number of nitrogens with one attached hydrogen (secondary N) is 2. The lowest BCUT2D eigenvalue weighted by Crippen LogP contribution is -2.21. The maximum Gasteiger partial charge on any atom is 0.256 e. The Hall–Kier alpha value is -2.14. The molecule has 0 unspecified atom stereocenters. The number of carbonyl (C=O) groups is 2. The van der Waals surface area contributed by atoms with Crippen LogP contribution in [0.2, 0.25) is 0 Å². The van der Waals surface area contributed by atoms with E-state index in [4.69, 9.17) is 0 Å². The number of hydrogen-bond acceptors (Lipinski definition) is 2. The Morgan fingerprint density at radius 1 is 1.00 bits per heavy atom. The number of rotatable bonds is 3. The monoisotopic (exact) mass is 346 g/mol. The maximum absolute atomic E-state index is 12.4. The third-order valence-corrected chi connectivity index (χ3v) is 3.70. The fourth-order valence-corrected chi connectivity index (χ4v) is 2.35. The van der Waals surface area contributed by atoms with E-state index in [1.807, 2.05) is 19.1 Å². The highest BCUT2D eigenvalue weighted by molar-refractivity contribution is 9.10. The number of aryl methyl sites for hydroxylation is 1. The van der Waals surface area contributed by atoms with E-state index >= 15 is 0 Å². The van der Waals surface area contributed by atoms with Crippen LogP contribution in [0.4, 0.5) is 5.69 Å². The van der Waals surface area contributed by atoms with Crippen molar-refractivity contribution in [1.82, 2.24) is 5.32 Å². The van der Waals surface area contributed by atoms with Gasteiger partial charge >= 0.3 is 0 Å². The maximum atomic E-state index is 12.4. The summed E-state index contributed by atoms with van der Waals surface area (Å²) >= 11 is 3.37. The van der Waals surface area contributed by atoms with Crippen LogP contribution < -0.4 is 10.6 Å². The summed E-state index contributed by atoms with van der Waals surface area (Å²) in [5, 5.41) is 5.34. The summed E-state index contributed by atoms with van der Waals surface area (Å²) in [5.74, 6) is -0.504. The molecule has 0 fully saturated rings. The molecule has 0 heterocycles. The van der Waals surface area contributed by atoms with E-state index in [0.717, 1.165) is 5.56 Å². The molecule has 2 N–H and O–H groups in total. The zero-order valence-corrected chi connectivity index (χ0v) is 13.3. The second-order valence-corrected chi connectivity index (χ2v) is 5.42. The van der Waals surface area contributed by atoms with E-state index in [1.165, 1.54) is 0 Å². The summed E-state index contributed by atoms with van der Waals surface area (Å²) in [4.78, 5) is 24.2. The van der Waals surface area contributed by atoms with Gasteiger partial charge in [0.15, 0.2) is 0 Å². The van der Waals surface area contributed by atoms with Crippen molar-refractivity contribution in [3.05, 3.63) is 63.6 Å². The van der Waals surface area contributed by atoms with Crippen molar-refractivity contribution in [2.24, 2.45) is 0 Å². The Morgan fingerprint density at radius 3 is 2.43 bits per heavy atom. The van der Waals surface area contributed by atoms with Crippen LogP contribution >= 0.6 is 15.9 Å². The summed E-state index contributed by atoms with van der Waals surface area (Å²) < 4.78 is 0.711. The first kappa shape index (κ1) is 15.3. The molecule has 2 rings (SSSR count). The molecule has 2 aromatic carbocycles. The van der Waals surface area contributed by atoms with Gasteiger partial charge in [0.25, 0.3) is 11.8 Å². The number of amides is 2. The molecule has 0 spiro atoms. The van der Waals surface area contributed by atoms with Crippen molar-refractivity contribution in [3.63, 3.8) is 0 Å². The molecule has 0 aliphatic heterocycles. The van der Waals surface area contributed by atoms with Crippen molar-refractivity contribution >= 4 is 33.4 Å². The molecule has 0 atom stereocenters. The molecule has 2 aromatic rings. The fraction of sp³-hybridized carbons (Fsp3) is 0.125. The lowest BCUT2D eigenvalue weighted by molar-refractivity contribution is 0.0964. The SMILES string of the molecule is CNC(=O)c1ccccc1NC(=O)c1cc(C)ccc1Br. The van der Waals surface area contributed by atoms with E-state index in [1.54, 1.807) is 37.4 Å². The zero-order valence-electron chi connectivity index (χ0n) is 11.7. The molecular formula is C16H15BrN2O2. The Balaban J connectivity index is 2.32. The quantitative estimate of drug-likeness (QED) is 0.894. The molecule has 0 aromatic heterocycles. The van der Waals surface area contributed by atoms with Gasteiger partial charge in [-0.2, -0.15) is 0 Å². The highest BCUT2D eigenvalue weighted by Crippen LogP contribution is 2.21. The van der Waals surface area contributed by atoms with Gasteiger partial charge in [-0.25, -0.2) is 0 Å². The number of hydrogen-bond donors (Lipinski definition) is 2. The van der Waals surface area contributed by atoms with Gasteiger partial charge in [0.05, 0.1) is 16.8 Å².